The van der Waals surface area contributed by atoms with Gasteiger partial charge in [0, 0.05) is 25.7 Å². The average molecular weight is 220 g/mol. The maximum atomic E-state index is 11.0. The molecule has 1 amide bonds. The van der Waals surface area contributed by atoms with Crippen molar-refractivity contribution in [3.63, 3.8) is 0 Å². The van der Waals surface area contributed by atoms with Crippen LogP contribution in [-0.2, 0) is 4.79 Å². The predicted molar refractivity (Wildman–Crippen MR) is 67.7 cm³/mol. The fourth-order valence-electron chi connectivity index (χ4n) is 1.68. The van der Waals surface area contributed by atoms with Crippen molar-refractivity contribution in [2.45, 2.75) is 26.7 Å². The Morgan fingerprint density at radius 3 is 2.44 bits per heavy atom. The molecule has 88 valence electrons. The fraction of sp³-hybridized carbons (Fsp3) is 0.462. The molecule has 0 saturated carbocycles. The number of benzene rings is 1. The van der Waals surface area contributed by atoms with Crippen LogP contribution in [0.15, 0.2) is 18.2 Å². The molecule has 3 nitrogen and oxygen atoms in total. The molecule has 0 unspecified atom stereocenters. The summed E-state index contributed by atoms with van der Waals surface area (Å²) in [5.41, 5.74) is 3.69. The quantitative estimate of drug-likeness (QED) is 0.747. The maximum Gasteiger partial charge on any atom is 0.219 e. The topological polar surface area (TPSA) is 41.1 Å². The van der Waals surface area contributed by atoms with Crippen LogP contribution in [0.2, 0.25) is 0 Å². The Labute approximate surface area is 97.2 Å². The van der Waals surface area contributed by atoms with E-state index in [-0.39, 0.29) is 5.91 Å². The van der Waals surface area contributed by atoms with Crippen LogP contribution in [0, 0.1) is 13.8 Å². The smallest absolute Gasteiger partial charge is 0.219 e. The maximum absolute atomic E-state index is 11.0. The molecule has 1 aromatic rings. The Balaban J connectivity index is 2.40. The summed E-state index contributed by atoms with van der Waals surface area (Å²) in [5, 5.41) is 6.00. The van der Waals surface area contributed by atoms with Gasteiger partial charge in [-0.2, -0.15) is 0 Å². The fourth-order valence-corrected chi connectivity index (χ4v) is 1.68. The highest BCUT2D eigenvalue weighted by atomic mass is 16.1. The zero-order valence-corrected chi connectivity index (χ0v) is 10.3. The van der Waals surface area contributed by atoms with Gasteiger partial charge in [0.15, 0.2) is 0 Å². The van der Waals surface area contributed by atoms with E-state index in [2.05, 4.69) is 42.7 Å². The van der Waals surface area contributed by atoms with Crippen LogP contribution >= 0.6 is 0 Å². The van der Waals surface area contributed by atoms with Crippen LogP contribution in [0.1, 0.15) is 24.0 Å². The van der Waals surface area contributed by atoms with Crippen LogP contribution in [0.4, 0.5) is 5.69 Å². The van der Waals surface area contributed by atoms with Gasteiger partial charge in [0.1, 0.15) is 0 Å². The van der Waals surface area contributed by atoms with E-state index in [1.54, 1.807) is 7.05 Å². The molecule has 0 spiro atoms. The molecule has 0 atom stereocenters. The number of amides is 1. The Hall–Kier alpha value is -1.51. The monoisotopic (exact) mass is 220 g/mol. The molecule has 0 bridgehead atoms. The second-order valence-electron chi connectivity index (χ2n) is 3.97. The van der Waals surface area contributed by atoms with Crippen molar-refractivity contribution >= 4 is 11.6 Å². The van der Waals surface area contributed by atoms with Gasteiger partial charge in [0.25, 0.3) is 0 Å². The van der Waals surface area contributed by atoms with Gasteiger partial charge in [-0.15, -0.1) is 0 Å². The van der Waals surface area contributed by atoms with Gasteiger partial charge in [-0.05, 0) is 31.4 Å². The molecule has 0 radical (unpaired) electrons. The molecule has 2 N–H and O–H groups in total. The van der Waals surface area contributed by atoms with Gasteiger partial charge in [0.2, 0.25) is 5.91 Å². The first-order valence-electron chi connectivity index (χ1n) is 5.66. The van der Waals surface area contributed by atoms with E-state index in [0.29, 0.717) is 6.42 Å². The first kappa shape index (κ1) is 12.6. The molecule has 1 rings (SSSR count). The standard InChI is InChI=1S/C13H20N2O/c1-10-6-4-7-11(2)13(10)15-9-5-8-12(16)14-3/h4,6-7,15H,5,8-9H2,1-3H3,(H,14,16). The lowest BCUT2D eigenvalue weighted by Crippen LogP contribution is -2.18. The first-order chi connectivity index (χ1) is 7.65. The second-order valence-corrected chi connectivity index (χ2v) is 3.97. The predicted octanol–water partition coefficient (Wildman–Crippen LogP) is 2.24. The summed E-state index contributed by atoms with van der Waals surface area (Å²) in [6.45, 7) is 5.02. The van der Waals surface area contributed by atoms with E-state index in [0.717, 1.165) is 13.0 Å². The average Bonchev–Trinajstić information content (AvgIpc) is 2.27. The first-order valence-corrected chi connectivity index (χ1v) is 5.66. The summed E-state index contributed by atoms with van der Waals surface area (Å²) in [5.74, 6) is 0.100. The number of nitrogens with one attached hydrogen (secondary N) is 2. The SMILES string of the molecule is CNC(=O)CCCNc1c(C)cccc1C. The minimum absolute atomic E-state index is 0.100. The van der Waals surface area contributed by atoms with Gasteiger partial charge >= 0.3 is 0 Å². The van der Waals surface area contributed by atoms with Gasteiger partial charge in [-0.1, -0.05) is 18.2 Å². The lowest BCUT2D eigenvalue weighted by Gasteiger charge is -2.12. The Kier molecular flexibility index (Phi) is 4.83. The van der Waals surface area contributed by atoms with E-state index in [1.165, 1.54) is 16.8 Å². The molecule has 0 heterocycles. The number of para-hydroxylation sites is 1. The molecule has 0 fully saturated rings. The Morgan fingerprint density at radius 1 is 1.25 bits per heavy atom. The number of anilines is 1. The lowest BCUT2D eigenvalue weighted by molar-refractivity contribution is -0.120. The second kappa shape index (κ2) is 6.16. The van der Waals surface area contributed by atoms with E-state index in [4.69, 9.17) is 0 Å². The zero-order chi connectivity index (χ0) is 12.0. The van der Waals surface area contributed by atoms with Crippen molar-refractivity contribution in [2.24, 2.45) is 0 Å². The van der Waals surface area contributed by atoms with Crippen molar-refractivity contribution in [2.75, 3.05) is 18.9 Å². The Bertz CT molecular complexity index is 341. The largest absolute Gasteiger partial charge is 0.385 e. The van der Waals surface area contributed by atoms with E-state index >= 15 is 0 Å². The summed E-state index contributed by atoms with van der Waals surface area (Å²) < 4.78 is 0. The van der Waals surface area contributed by atoms with Crippen molar-refractivity contribution in [3.05, 3.63) is 29.3 Å². The molecule has 16 heavy (non-hydrogen) atoms. The third kappa shape index (κ3) is 3.57. The summed E-state index contributed by atoms with van der Waals surface area (Å²) in [6.07, 6.45) is 1.43. The molecular formula is C13H20N2O. The Morgan fingerprint density at radius 2 is 1.88 bits per heavy atom. The summed E-state index contributed by atoms with van der Waals surface area (Å²) >= 11 is 0. The van der Waals surface area contributed by atoms with Crippen LogP contribution in [0.25, 0.3) is 0 Å². The van der Waals surface area contributed by atoms with E-state index < -0.39 is 0 Å². The molecule has 1 aromatic carbocycles. The summed E-state index contributed by atoms with van der Waals surface area (Å²) in [4.78, 5) is 11.0. The highest BCUT2D eigenvalue weighted by Crippen LogP contribution is 2.19. The van der Waals surface area contributed by atoms with Crippen molar-refractivity contribution < 1.29 is 4.79 Å². The minimum atomic E-state index is 0.100. The number of hydrogen-bond donors (Lipinski definition) is 2. The van der Waals surface area contributed by atoms with Crippen LogP contribution in [-0.4, -0.2) is 19.5 Å². The number of rotatable bonds is 5. The molecule has 0 saturated heterocycles. The number of aryl methyl sites for hydroxylation is 2. The van der Waals surface area contributed by atoms with Crippen LogP contribution < -0.4 is 10.6 Å². The highest BCUT2D eigenvalue weighted by Gasteiger charge is 2.01. The molecule has 3 heteroatoms. The lowest BCUT2D eigenvalue weighted by atomic mass is 10.1. The van der Waals surface area contributed by atoms with Crippen molar-refractivity contribution in [3.8, 4) is 0 Å². The molecular weight excluding hydrogens is 200 g/mol. The molecule has 0 aliphatic rings. The van der Waals surface area contributed by atoms with Crippen molar-refractivity contribution in [1.82, 2.24) is 5.32 Å². The van der Waals surface area contributed by atoms with Gasteiger partial charge < -0.3 is 10.6 Å². The number of hydrogen-bond acceptors (Lipinski definition) is 2. The summed E-state index contributed by atoms with van der Waals surface area (Å²) in [6, 6.07) is 6.24. The van der Waals surface area contributed by atoms with E-state index in [1.807, 2.05) is 0 Å². The van der Waals surface area contributed by atoms with Crippen LogP contribution in [0.3, 0.4) is 0 Å². The third-order valence-corrected chi connectivity index (χ3v) is 2.64. The van der Waals surface area contributed by atoms with Gasteiger partial charge in [0.05, 0.1) is 0 Å². The van der Waals surface area contributed by atoms with Gasteiger partial charge in [-0.25, -0.2) is 0 Å². The highest BCUT2D eigenvalue weighted by molar-refractivity contribution is 5.75. The van der Waals surface area contributed by atoms with Gasteiger partial charge in [-0.3, -0.25) is 4.79 Å². The van der Waals surface area contributed by atoms with Crippen molar-refractivity contribution in [1.29, 1.82) is 0 Å². The number of carbonyl (C=O) groups is 1. The number of carbonyl (C=O) groups excluding carboxylic acids is 1. The third-order valence-electron chi connectivity index (χ3n) is 2.64. The normalized spacial score (nSPS) is 9.94. The molecule has 0 aliphatic carbocycles. The zero-order valence-electron chi connectivity index (χ0n) is 10.3. The molecule has 0 aliphatic heterocycles. The van der Waals surface area contributed by atoms with Crippen LogP contribution in [0.5, 0.6) is 0 Å². The van der Waals surface area contributed by atoms with E-state index in [9.17, 15) is 4.79 Å². The minimum Gasteiger partial charge on any atom is -0.385 e. The summed E-state index contributed by atoms with van der Waals surface area (Å²) in [7, 11) is 1.67. The molecule has 0 aromatic heterocycles.